The number of amides is 1. The lowest BCUT2D eigenvalue weighted by molar-refractivity contribution is -0.124. The fourth-order valence-electron chi connectivity index (χ4n) is 5.14. The fraction of sp³-hybridized carbons (Fsp3) is 0.393. The van der Waals surface area contributed by atoms with Gasteiger partial charge in [0.05, 0.1) is 0 Å². The van der Waals surface area contributed by atoms with Gasteiger partial charge in [0.2, 0.25) is 0 Å². The number of likely N-dealkylation sites (N-methyl/N-ethyl adjacent to an activating group) is 1. The molecule has 0 saturated heterocycles. The van der Waals surface area contributed by atoms with Gasteiger partial charge in [0.15, 0.2) is 0 Å². The molecule has 34 heavy (non-hydrogen) atoms. The summed E-state index contributed by atoms with van der Waals surface area (Å²) >= 11 is 0. The molecule has 1 aromatic heterocycles. The molecule has 2 aromatic carbocycles. The summed E-state index contributed by atoms with van der Waals surface area (Å²) in [5.74, 6) is -0.516. The number of fused-ring (bicyclic) bond motifs is 2. The molecular weight excluding hydrogens is 424 g/mol. The SMILES string of the molecule is CCN(CC)CCN(CCc1c[nH]c2ccccc12)C1CCc2cc(C=CC(=O)NO)ccc21. The van der Waals surface area contributed by atoms with Crippen molar-refractivity contribution in [1.82, 2.24) is 20.3 Å². The number of aromatic amines is 1. The predicted molar refractivity (Wildman–Crippen MR) is 138 cm³/mol. The second-order valence-corrected chi connectivity index (χ2v) is 8.99. The zero-order chi connectivity index (χ0) is 23.9. The van der Waals surface area contributed by atoms with E-state index in [0.29, 0.717) is 6.04 Å². The lowest BCUT2D eigenvalue weighted by Crippen LogP contribution is -2.38. The Morgan fingerprint density at radius 2 is 1.97 bits per heavy atom. The first-order valence-electron chi connectivity index (χ1n) is 12.4. The van der Waals surface area contributed by atoms with Crippen LogP contribution in [0.1, 0.15) is 48.6 Å². The van der Waals surface area contributed by atoms with Crippen molar-refractivity contribution in [3.63, 3.8) is 0 Å². The largest absolute Gasteiger partial charge is 0.361 e. The van der Waals surface area contributed by atoms with Gasteiger partial charge in [0.25, 0.3) is 5.91 Å². The van der Waals surface area contributed by atoms with Crippen LogP contribution < -0.4 is 5.48 Å². The van der Waals surface area contributed by atoms with Crippen LogP contribution in [0, 0.1) is 0 Å². The van der Waals surface area contributed by atoms with Crippen LogP contribution in [0.3, 0.4) is 0 Å². The van der Waals surface area contributed by atoms with Gasteiger partial charge in [0.1, 0.15) is 0 Å². The number of aryl methyl sites for hydroxylation is 1. The summed E-state index contributed by atoms with van der Waals surface area (Å²) in [5.41, 5.74) is 7.97. The number of benzene rings is 2. The molecule has 0 fully saturated rings. The Balaban J connectivity index is 1.52. The number of H-pyrrole nitrogens is 1. The van der Waals surface area contributed by atoms with Gasteiger partial charge in [-0.1, -0.05) is 50.2 Å². The summed E-state index contributed by atoms with van der Waals surface area (Å²) < 4.78 is 0. The molecule has 6 nitrogen and oxygen atoms in total. The summed E-state index contributed by atoms with van der Waals surface area (Å²) in [7, 11) is 0. The minimum Gasteiger partial charge on any atom is -0.361 e. The van der Waals surface area contributed by atoms with Crippen molar-refractivity contribution in [3.05, 3.63) is 77.0 Å². The number of para-hydroxylation sites is 1. The lowest BCUT2D eigenvalue weighted by Gasteiger charge is -2.32. The zero-order valence-electron chi connectivity index (χ0n) is 20.3. The minimum absolute atomic E-state index is 0.412. The van der Waals surface area contributed by atoms with E-state index in [-0.39, 0.29) is 0 Å². The van der Waals surface area contributed by atoms with Crippen molar-refractivity contribution >= 4 is 22.9 Å². The maximum absolute atomic E-state index is 11.3. The van der Waals surface area contributed by atoms with E-state index in [4.69, 9.17) is 5.21 Å². The molecule has 1 aliphatic carbocycles. The molecule has 0 aliphatic heterocycles. The van der Waals surface area contributed by atoms with Gasteiger partial charge in [-0.25, -0.2) is 5.48 Å². The molecule has 180 valence electrons. The highest BCUT2D eigenvalue weighted by atomic mass is 16.5. The Hall–Kier alpha value is -2.93. The number of hydrogen-bond donors (Lipinski definition) is 3. The molecule has 1 amide bonds. The maximum atomic E-state index is 11.3. The number of nitrogens with zero attached hydrogens (tertiary/aromatic N) is 2. The number of carbonyl (C=O) groups excluding carboxylic acids is 1. The topological polar surface area (TPSA) is 71.6 Å². The Labute approximate surface area is 202 Å². The molecule has 0 radical (unpaired) electrons. The molecule has 1 heterocycles. The Kier molecular flexibility index (Phi) is 8.16. The number of rotatable bonds is 11. The van der Waals surface area contributed by atoms with Crippen LogP contribution in [0.25, 0.3) is 17.0 Å². The van der Waals surface area contributed by atoms with Crippen LogP contribution in [0.2, 0.25) is 0 Å². The third kappa shape index (κ3) is 5.58. The average molecular weight is 461 g/mol. The molecule has 0 saturated carbocycles. The van der Waals surface area contributed by atoms with Gasteiger partial charge in [-0.05, 0) is 66.7 Å². The van der Waals surface area contributed by atoms with E-state index in [1.165, 1.54) is 33.7 Å². The van der Waals surface area contributed by atoms with Crippen molar-refractivity contribution in [2.24, 2.45) is 0 Å². The van der Waals surface area contributed by atoms with Crippen molar-refractivity contribution in [3.8, 4) is 0 Å². The quantitative estimate of drug-likeness (QED) is 0.223. The summed E-state index contributed by atoms with van der Waals surface area (Å²) in [6.07, 6.45) is 8.44. The molecule has 1 aliphatic rings. The molecule has 1 unspecified atom stereocenters. The van der Waals surface area contributed by atoms with E-state index in [9.17, 15) is 4.79 Å². The van der Waals surface area contributed by atoms with Crippen molar-refractivity contribution < 1.29 is 10.0 Å². The number of hydrogen-bond acceptors (Lipinski definition) is 4. The molecule has 4 rings (SSSR count). The number of carbonyl (C=O) groups is 1. The van der Waals surface area contributed by atoms with Crippen molar-refractivity contribution in [1.29, 1.82) is 0 Å². The number of nitrogens with one attached hydrogen (secondary N) is 2. The molecule has 0 bridgehead atoms. The molecule has 3 N–H and O–H groups in total. The maximum Gasteiger partial charge on any atom is 0.267 e. The molecular formula is C28H36N4O2. The summed E-state index contributed by atoms with van der Waals surface area (Å²) in [6.45, 7) is 9.76. The van der Waals surface area contributed by atoms with E-state index in [1.54, 1.807) is 11.6 Å². The van der Waals surface area contributed by atoms with Gasteiger partial charge in [0, 0.05) is 48.9 Å². The molecule has 3 aromatic rings. The molecule has 6 heteroatoms. The average Bonchev–Trinajstić information content (AvgIpc) is 3.49. The highest BCUT2D eigenvalue weighted by Gasteiger charge is 2.28. The van der Waals surface area contributed by atoms with Gasteiger partial charge in [-0.2, -0.15) is 0 Å². The predicted octanol–water partition coefficient (Wildman–Crippen LogP) is 4.56. The van der Waals surface area contributed by atoms with Crippen molar-refractivity contribution in [2.75, 3.05) is 32.7 Å². The summed E-state index contributed by atoms with van der Waals surface area (Å²) in [5, 5.41) is 10.0. The van der Waals surface area contributed by atoms with Crippen molar-refractivity contribution in [2.45, 2.75) is 39.2 Å². The smallest absolute Gasteiger partial charge is 0.267 e. The first-order chi connectivity index (χ1) is 16.6. The summed E-state index contributed by atoms with van der Waals surface area (Å²) in [4.78, 5) is 19.9. The van der Waals surface area contributed by atoms with Crippen LogP contribution in [0.5, 0.6) is 0 Å². The third-order valence-corrected chi connectivity index (χ3v) is 7.13. The van der Waals surface area contributed by atoms with Crippen LogP contribution in [-0.4, -0.2) is 58.6 Å². The Morgan fingerprint density at radius 1 is 1.15 bits per heavy atom. The number of aromatic nitrogens is 1. The van der Waals surface area contributed by atoms with Gasteiger partial charge >= 0.3 is 0 Å². The van der Waals surface area contributed by atoms with E-state index in [2.05, 4.69) is 77.3 Å². The van der Waals surface area contributed by atoms with Gasteiger partial charge in [-0.3, -0.25) is 14.9 Å². The third-order valence-electron chi connectivity index (χ3n) is 7.13. The minimum atomic E-state index is -0.516. The number of hydroxylamine groups is 1. The zero-order valence-corrected chi connectivity index (χ0v) is 20.3. The molecule has 0 spiro atoms. The second kappa shape index (κ2) is 11.5. The van der Waals surface area contributed by atoms with Crippen LogP contribution in [-0.2, 0) is 17.6 Å². The normalized spacial score (nSPS) is 15.6. The van der Waals surface area contributed by atoms with Gasteiger partial charge in [-0.15, -0.1) is 0 Å². The standard InChI is InChI=1S/C28H36N4O2/c1-3-31(4-2)17-18-32(16-15-23-20-29-26-8-6-5-7-24(23)26)27-13-11-22-19-21(9-12-25(22)27)10-14-28(33)30-34/h5-10,12,14,19-20,27,29,34H,3-4,11,13,15-18H2,1-2H3,(H,30,33). The highest BCUT2D eigenvalue weighted by molar-refractivity contribution is 5.90. The van der Waals surface area contributed by atoms with Crippen LogP contribution >= 0.6 is 0 Å². The van der Waals surface area contributed by atoms with E-state index < -0.39 is 5.91 Å². The fourth-order valence-corrected chi connectivity index (χ4v) is 5.14. The van der Waals surface area contributed by atoms with Crippen LogP contribution in [0.15, 0.2) is 54.7 Å². The van der Waals surface area contributed by atoms with E-state index >= 15 is 0 Å². The Morgan fingerprint density at radius 3 is 2.76 bits per heavy atom. The highest BCUT2D eigenvalue weighted by Crippen LogP contribution is 2.36. The van der Waals surface area contributed by atoms with Crippen LogP contribution in [0.4, 0.5) is 0 Å². The Bertz CT molecular complexity index is 1130. The molecule has 1 atom stereocenters. The van der Waals surface area contributed by atoms with Gasteiger partial charge < -0.3 is 9.88 Å². The first kappa shape index (κ1) is 24.2. The monoisotopic (exact) mass is 460 g/mol. The second-order valence-electron chi connectivity index (χ2n) is 8.99. The van der Waals surface area contributed by atoms with E-state index in [0.717, 1.165) is 57.5 Å². The first-order valence-corrected chi connectivity index (χ1v) is 12.4. The van der Waals surface area contributed by atoms with E-state index in [1.807, 2.05) is 0 Å². The lowest BCUT2D eigenvalue weighted by atomic mass is 10.0. The summed E-state index contributed by atoms with van der Waals surface area (Å²) in [6, 6.07) is 15.4.